The normalized spacial score (nSPS) is 11.5. The number of benzene rings is 1. The van der Waals surface area contributed by atoms with Crippen LogP contribution in [0, 0.1) is 13.8 Å². The van der Waals surface area contributed by atoms with Crippen LogP contribution in [0.5, 0.6) is 0 Å². The van der Waals surface area contributed by atoms with Gasteiger partial charge in [-0.3, -0.25) is 4.72 Å². The molecule has 114 valence electrons. The first-order valence-corrected chi connectivity index (χ1v) is 8.93. The van der Waals surface area contributed by atoms with Crippen molar-refractivity contribution < 1.29 is 12.9 Å². The van der Waals surface area contributed by atoms with E-state index in [9.17, 15) is 8.42 Å². The summed E-state index contributed by atoms with van der Waals surface area (Å²) in [5, 5.41) is 3.72. The van der Waals surface area contributed by atoms with Crippen molar-refractivity contribution in [3.63, 3.8) is 0 Å². The lowest BCUT2D eigenvalue weighted by Crippen LogP contribution is -2.18. The van der Waals surface area contributed by atoms with E-state index in [1.807, 2.05) is 18.2 Å². The van der Waals surface area contributed by atoms with Crippen molar-refractivity contribution in [3.8, 4) is 0 Å². The maximum absolute atomic E-state index is 12.0. The molecule has 0 unspecified atom stereocenters. The highest BCUT2D eigenvalue weighted by Crippen LogP contribution is 2.22. The molecule has 2 rings (SSSR count). The molecule has 8 heteroatoms. The van der Waals surface area contributed by atoms with Gasteiger partial charge in [-0.15, -0.1) is 11.8 Å². The largest absolute Gasteiger partial charge is 0.399 e. The molecule has 0 saturated carbocycles. The summed E-state index contributed by atoms with van der Waals surface area (Å²) in [6.07, 6.45) is 0. The van der Waals surface area contributed by atoms with E-state index in [1.54, 1.807) is 19.9 Å². The number of nitrogens with two attached hydrogens (primary N) is 1. The predicted octanol–water partition coefficient (Wildman–Crippen LogP) is 2.41. The van der Waals surface area contributed by atoms with Crippen molar-refractivity contribution in [2.45, 2.75) is 18.7 Å². The molecule has 1 aromatic carbocycles. The zero-order valence-corrected chi connectivity index (χ0v) is 13.4. The molecule has 0 fully saturated rings. The van der Waals surface area contributed by atoms with Gasteiger partial charge >= 0.3 is 0 Å². The summed E-state index contributed by atoms with van der Waals surface area (Å²) < 4.78 is 31.3. The van der Waals surface area contributed by atoms with Crippen LogP contribution in [-0.2, 0) is 10.0 Å². The second kappa shape index (κ2) is 6.40. The molecule has 3 N–H and O–H groups in total. The van der Waals surface area contributed by atoms with E-state index < -0.39 is 10.0 Å². The third kappa shape index (κ3) is 4.40. The topological polar surface area (TPSA) is 98.2 Å². The van der Waals surface area contributed by atoms with Crippen LogP contribution in [-0.4, -0.2) is 25.1 Å². The maximum Gasteiger partial charge on any atom is 0.241 e. The van der Waals surface area contributed by atoms with Gasteiger partial charge in [0.1, 0.15) is 0 Å². The lowest BCUT2D eigenvalue weighted by atomic mass is 10.3. The molecule has 1 heterocycles. The Bertz CT molecular complexity index is 726. The zero-order valence-electron chi connectivity index (χ0n) is 11.8. The molecule has 0 bridgehead atoms. The Balaban J connectivity index is 1.91. The van der Waals surface area contributed by atoms with Crippen molar-refractivity contribution in [2.24, 2.45) is 0 Å². The van der Waals surface area contributed by atoms with Gasteiger partial charge in [0.25, 0.3) is 0 Å². The highest BCUT2D eigenvalue weighted by atomic mass is 32.2. The maximum atomic E-state index is 12.0. The van der Waals surface area contributed by atoms with E-state index in [4.69, 9.17) is 10.3 Å². The number of sulfonamides is 1. The average molecular weight is 327 g/mol. The lowest BCUT2D eigenvalue weighted by molar-refractivity contribution is 0.430. The fraction of sp³-hybridized carbons (Fsp3) is 0.308. The van der Waals surface area contributed by atoms with Crippen molar-refractivity contribution in [2.75, 3.05) is 22.0 Å². The van der Waals surface area contributed by atoms with E-state index in [1.165, 1.54) is 11.8 Å². The standard InChI is InChI=1S/C13H17N3O3S2/c1-9-10(2)15-19-13(9)16-21(17,18)7-6-20-12-5-3-4-11(14)8-12/h3-5,8,16H,6-7,14H2,1-2H3. The van der Waals surface area contributed by atoms with Gasteiger partial charge in [0.05, 0.1) is 11.4 Å². The van der Waals surface area contributed by atoms with Crippen LogP contribution >= 0.6 is 11.8 Å². The minimum absolute atomic E-state index is 0.0222. The monoisotopic (exact) mass is 327 g/mol. The van der Waals surface area contributed by atoms with Crippen LogP contribution in [0.1, 0.15) is 11.3 Å². The molecule has 0 aliphatic rings. The average Bonchev–Trinajstić information content (AvgIpc) is 2.70. The Morgan fingerprint density at radius 1 is 1.38 bits per heavy atom. The van der Waals surface area contributed by atoms with Crippen LogP contribution < -0.4 is 10.5 Å². The van der Waals surface area contributed by atoms with E-state index in [2.05, 4.69) is 9.88 Å². The van der Waals surface area contributed by atoms with E-state index in [-0.39, 0.29) is 11.6 Å². The minimum atomic E-state index is -3.46. The predicted molar refractivity (Wildman–Crippen MR) is 85.0 cm³/mol. The van der Waals surface area contributed by atoms with Crippen LogP contribution in [0.4, 0.5) is 11.6 Å². The number of aryl methyl sites for hydroxylation is 1. The first-order valence-electron chi connectivity index (χ1n) is 6.29. The SMILES string of the molecule is Cc1noc(NS(=O)(=O)CCSc2cccc(N)c2)c1C. The van der Waals surface area contributed by atoms with Crippen LogP contribution in [0.3, 0.4) is 0 Å². The smallest absolute Gasteiger partial charge is 0.241 e. The van der Waals surface area contributed by atoms with Crippen molar-refractivity contribution in [3.05, 3.63) is 35.5 Å². The molecule has 6 nitrogen and oxygen atoms in total. The summed E-state index contributed by atoms with van der Waals surface area (Å²) in [5.41, 5.74) is 7.70. The third-order valence-corrected chi connectivity index (χ3v) is 5.38. The molecular weight excluding hydrogens is 310 g/mol. The Kier molecular flexibility index (Phi) is 4.79. The van der Waals surface area contributed by atoms with Gasteiger partial charge < -0.3 is 10.3 Å². The summed E-state index contributed by atoms with van der Waals surface area (Å²) in [5.74, 6) is 0.581. The molecule has 1 aromatic heterocycles. The fourth-order valence-electron chi connectivity index (χ4n) is 1.58. The highest BCUT2D eigenvalue weighted by molar-refractivity contribution is 8.01. The molecule has 0 atom stereocenters. The molecule has 0 saturated heterocycles. The number of hydrogen-bond acceptors (Lipinski definition) is 6. The van der Waals surface area contributed by atoms with E-state index >= 15 is 0 Å². The summed E-state index contributed by atoms with van der Waals surface area (Å²) in [6, 6.07) is 7.34. The Hall–Kier alpha value is -1.67. The zero-order chi connectivity index (χ0) is 15.5. The second-order valence-electron chi connectivity index (χ2n) is 4.56. The molecule has 0 aliphatic heterocycles. The van der Waals surface area contributed by atoms with E-state index in [0.29, 0.717) is 22.7 Å². The quantitative estimate of drug-likeness (QED) is 0.624. The summed E-state index contributed by atoms with van der Waals surface area (Å²) in [7, 11) is -3.46. The number of anilines is 2. The second-order valence-corrected chi connectivity index (χ2v) is 7.57. The van der Waals surface area contributed by atoms with Gasteiger partial charge in [-0.2, -0.15) is 0 Å². The molecular formula is C13H17N3O3S2. The van der Waals surface area contributed by atoms with Gasteiger partial charge in [0.15, 0.2) is 0 Å². The number of aromatic nitrogens is 1. The van der Waals surface area contributed by atoms with Crippen molar-refractivity contribution >= 4 is 33.4 Å². The van der Waals surface area contributed by atoms with Gasteiger partial charge in [-0.1, -0.05) is 11.2 Å². The number of nitrogens with zero attached hydrogens (tertiary/aromatic N) is 1. The van der Waals surface area contributed by atoms with Crippen molar-refractivity contribution in [1.29, 1.82) is 0 Å². The van der Waals surface area contributed by atoms with Crippen LogP contribution in [0.25, 0.3) is 0 Å². The number of hydrogen-bond donors (Lipinski definition) is 2. The number of rotatable bonds is 6. The summed E-state index contributed by atoms with van der Waals surface area (Å²) in [6.45, 7) is 3.51. The van der Waals surface area contributed by atoms with Gasteiger partial charge in [0, 0.05) is 21.9 Å². The summed E-state index contributed by atoms with van der Waals surface area (Å²) in [4.78, 5) is 0.942. The Morgan fingerprint density at radius 3 is 2.76 bits per heavy atom. The fourth-order valence-corrected chi connectivity index (χ4v) is 3.99. The molecule has 2 aromatic rings. The first-order chi connectivity index (χ1) is 9.87. The number of thioether (sulfide) groups is 1. The Morgan fingerprint density at radius 2 is 2.14 bits per heavy atom. The minimum Gasteiger partial charge on any atom is -0.399 e. The summed E-state index contributed by atoms with van der Waals surface area (Å²) >= 11 is 1.44. The van der Waals surface area contributed by atoms with Gasteiger partial charge in [0.2, 0.25) is 15.9 Å². The molecule has 0 radical (unpaired) electrons. The van der Waals surface area contributed by atoms with Crippen LogP contribution in [0.2, 0.25) is 0 Å². The van der Waals surface area contributed by atoms with Crippen LogP contribution in [0.15, 0.2) is 33.7 Å². The lowest BCUT2D eigenvalue weighted by Gasteiger charge is -2.06. The molecule has 21 heavy (non-hydrogen) atoms. The van der Waals surface area contributed by atoms with Gasteiger partial charge in [-0.05, 0) is 32.0 Å². The molecule has 0 amide bonds. The van der Waals surface area contributed by atoms with Crippen molar-refractivity contribution in [1.82, 2.24) is 5.16 Å². The first kappa shape index (κ1) is 15.7. The number of nitrogen functional groups attached to an aromatic ring is 1. The van der Waals surface area contributed by atoms with E-state index in [0.717, 1.165) is 4.90 Å². The Labute approximate surface area is 128 Å². The number of nitrogens with one attached hydrogen (secondary N) is 1. The third-order valence-electron chi connectivity index (χ3n) is 2.88. The highest BCUT2D eigenvalue weighted by Gasteiger charge is 2.16. The molecule has 0 spiro atoms. The van der Waals surface area contributed by atoms with Gasteiger partial charge in [-0.25, -0.2) is 8.42 Å². The molecule has 0 aliphatic carbocycles.